The zero-order valence-electron chi connectivity index (χ0n) is 7.20. The van der Waals surface area contributed by atoms with Crippen molar-refractivity contribution in [3.8, 4) is 0 Å². The zero-order valence-corrected chi connectivity index (χ0v) is 7.20. The van der Waals surface area contributed by atoms with E-state index in [0.29, 0.717) is 0 Å². The van der Waals surface area contributed by atoms with E-state index in [1.54, 1.807) is 0 Å². The van der Waals surface area contributed by atoms with E-state index < -0.39 is 0 Å². The predicted octanol–water partition coefficient (Wildman–Crippen LogP) is 1.37. The van der Waals surface area contributed by atoms with E-state index in [9.17, 15) is 0 Å². The first-order valence-corrected chi connectivity index (χ1v) is 4.35. The summed E-state index contributed by atoms with van der Waals surface area (Å²) in [5.41, 5.74) is 6.89. The largest absolute Gasteiger partial charge is 0.322 e. The fourth-order valence-corrected chi connectivity index (χ4v) is 1.21. The smallest absolute Gasteiger partial charge is 0.144 e. The summed E-state index contributed by atoms with van der Waals surface area (Å²) in [7, 11) is 0. The third-order valence-corrected chi connectivity index (χ3v) is 2.15. The molecule has 1 heterocycles. The Bertz CT molecular complexity index is 241. The average Bonchev–Trinajstić information content (AvgIpc) is 2.87. The Hall–Kier alpha value is -0.960. The lowest BCUT2D eigenvalue weighted by Crippen LogP contribution is -2.09. The zero-order chi connectivity index (χ0) is 8.55. The number of rotatable bonds is 2. The summed E-state index contributed by atoms with van der Waals surface area (Å²) in [5.74, 6) is 1.46. The number of hydrogen-bond donors (Lipinski definition) is 1. The van der Waals surface area contributed by atoms with Gasteiger partial charge in [-0.2, -0.15) is 0 Å². The molecule has 12 heavy (non-hydrogen) atoms. The van der Waals surface area contributed by atoms with E-state index in [-0.39, 0.29) is 6.04 Å². The maximum absolute atomic E-state index is 5.63. The number of nitrogens with zero attached hydrogens (tertiary/aromatic N) is 2. The van der Waals surface area contributed by atoms with E-state index in [4.69, 9.17) is 5.73 Å². The lowest BCUT2D eigenvalue weighted by molar-refractivity contribution is 0.734. The lowest BCUT2D eigenvalue weighted by atomic mass is 10.2. The van der Waals surface area contributed by atoms with Crippen LogP contribution in [0.3, 0.4) is 0 Å². The SMILES string of the molecule is CC(N)c1ncc(C2CC2)cn1. The third-order valence-electron chi connectivity index (χ3n) is 2.15. The molecule has 0 aromatic carbocycles. The first-order valence-electron chi connectivity index (χ1n) is 4.35. The molecule has 1 unspecified atom stereocenters. The maximum atomic E-state index is 5.63. The molecule has 1 fully saturated rings. The molecule has 2 N–H and O–H groups in total. The van der Waals surface area contributed by atoms with Crippen LogP contribution in [0, 0.1) is 0 Å². The normalized spacial score (nSPS) is 19.2. The highest BCUT2D eigenvalue weighted by Gasteiger charge is 2.24. The van der Waals surface area contributed by atoms with Crippen molar-refractivity contribution in [3.63, 3.8) is 0 Å². The van der Waals surface area contributed by atoms with Crippen molar-refractivity contribution >= 4 is 0 Å². The third kappa shape index (κ3) is 1.46. The minimum Gasteiger partial charge on any atom is -0.322 e. The van der Waals surface area contributed by atoms with Gasteiger partial charge in [-0.25, -0.2) is 9.97 Å². The fourth-order valence-electron chi connectivity index (χ4n) is 1.21. The number of hydrogen-bond acceptors (Lipinski definition) is 3. The van der Waals surface area contributed by atoms with E-state index in [1.807, 2.05) is 19.3 Å². The van der Waals surface area contributed by atoms with E-state index in [2.05, 4.69) is 9.97 Å². The summed E-state index contributed by atoms with van der Waals surface area (Å²) < 4.78 is 0. The van der Waals surface area contributed by atoms with Gasteiger partial charge in [-0.3, -0.25) is 0 Å². The van der Waals surface area contributed by atoms with Gasteiger partial charge in [0.05, 0.1) is 6.04 Å². The Balaban J connectivity index is 2.18. The second kappa shape index (κ2) is 2.83. The first kappa shape index (κ1) is 7.68. The Morgan fingerprint density at radius 1 is 1.42 bits per heavy atom. The highest BCUT2D eigenvalue weighted by molar-refractivity contribution is 5.17. The van der Waals surface area contributed by atoms with Crippen molar-refractivity contribution in [1.82, 2.24) is 9.97 Å². The molecule has 0 radical (unpaired) electrons. The van der Waals surface area contributed by atoms with Crippen LogP contribution >= 0.6 is 0 Å². The lowest BCUT2D eigenvalue weighted by Gasteiger charge is -2.03. The first-order chi connectivity index (χ1) is 5.77. The minimum absolute atomic E-state index is 0.0572. The van der Waals surface area contributed by atoms with Crippen LogP contribution < -0.4 is 5.73 Å². The molecule has 1 aliphatic rings. The molecule has 0 bridgehead atoms. The topological polar surface area (TPSA) is 51.8 Å². The summed E-state index contributed by atoms with van der Waals surface area (Å²) in [6.45, 7) is 1.89. The fraction of sp³-hybridized carbons (Fsp3) is 0.556. The van der Waals surface area contributed by atoms with Gasteiger partial charge in [0.2, 0.25) is 0 Å². The second-order valence-corrected chi connectivity index (χ2v) is 3.44. The second-order valence-electron chi connectivity index (χ2n) is 3.44. The van der Waals surface area contributed by atoms with E-state index >= 15 is 0 Å². The van der Waals surface area contributed by atoms with Crippen molar-refractivity contribution in [3.05, 3.63) is 23.8 Å². The highest BCUT2D eigenvalue weighted by atomic mass is 14.9. The Morgan fingerprint density at radius 3 is 2.42 bits per heavy atom. The summed E-state index contributed by atoms with van der Waals surface area (Å²) in [4.78, 5) is 8.41. The maximum Gasteiger partial charge on any atom is 0.144 e. The molecular weight excluding hydrogens is 150 g/mol. The van der Waals surface area contributed by atoms with Gasteiger partial charge in [-0.15, -0.1) is 0 Å². The van der Waals surface area contributed by atoms with Gasteiger partial charge in [-0.1, -0.05) is 0 Å². The molecule has 0 amide bonds. The number of nitrogens with two attached hydrogens (primary N) is 1. The molecule has 0 saturated heterocycles. The van der Waals surface area contributed by atoms with Gasteiger partial charge >= 0.3 is 0 Å². The summed E-state index contributed by atoms with van der Waals surface area (Å²) in [6.07, 6.45) is 6.40. The molecule has 2 rings (SSSR count). The van der Waals surface area contributed by atoms with Crippen LogP contribution in [-0.2, 0) is 0 Å². The van der Waals surface area contributed by atoms with Gasteiger partial charge in [-0.05, 0) is 31.2 Å². The molecule has 1 aromatic rings. The van der Waals surface area contributed by atoms with Crippen LogP contribution in [0.5, 0.6) is 0 Å². The molecular formula is C9H13N3. The molecule has 3 nitrogen and oxygen atoms in total. The van der Waals surface area contributed by atoms with Crippen LogP contribution in [0.15, 0.2) is 12.4 Å². The van der Waals surface area contributed by atoms with Crippen molar-refractivity contribution < 1.29 is 0 Å². The van der Waals surface area contributed by atoms with Gasteiger partial charge in [0.1, 0.15) is 5.82 Å². The van der Waals surface area contributed by atoms with E-state index in [1.165, 1.54) is 18.4 Å². The predicted molar refractivity (Wildman–Crippen MR) is 46.6 cm³/mol. The molecule has 0 spiro atoms. The Kier molecular flexibility index (Phi) is 1.81. The van der Waals surface area contributed by atoms with E-state index in [0.717, 1.165) is 11.7 Å². The molecule has 1 saturated carbocycles. The number of aromatic nitrogens is 2. The molecule has 1 aliphatic carbocycles. The Labute approximate surface area is 72.0 Å². The van der Waals surface area contributed by atoms with Gasteiger partial charge in [0.25, 0.3) is 0 Å². The van der Waals surface area contributed by atoms with Crippen molar-refractivity contribution in [2.75, 3.05) is 0 Å². The highest BCUT2D eigenvalue weighted by Crippen LogP contribution is 2.39. The molecule has 1 atom stereocenters. The van der Waals surface area contributed by atoms with Gasteiger partial charge < -0.3 is 5.73 Å². The minimum atomic E-state index is -0.0572. The van der Waals surface area contributed by atoms with Crippen LogP contribution in [0.2, 0.25) is 0 Å². The van der Waals surface area contributed by atoms with Crippen LogP contribution in [-0.4, -0.2) is 9.97 Å². The van der Waals surface area contributed by atoms with Gasteiger partial charge in [0.15, 0.2) is 0 Å². The van der Waals surface area contributed by atoms with Crippen molar-refractivity contribution in [1.29, 1.82) is 0 Å². The van der Waals surface area contributed by atoms with Crippen LogP contribution in [0.25, 0.3) is 0 Å². The van der Waals surface area contributed by atoms with Crippen LogP contribution in [0.1, 0.15) is 43.1 Å². The van der Waals surface area contributed by atoms with Crippen molar-refractivity contribution in [2.45, 2.75) is 31.7 Å². The molecule has 0 aliphatic heterocycles. The average molecular weight is 163 g/mol. The van der Waals surface area contributed by atoms with Crippen LogP contribution in [0.4, 0.5) is 0 Å². The molecule has 3 heteroatoms. The molecule has 1 aromatic heterocycles. The Morgan fingerprint density at radius 2 is 2.00 bits per heavy atom. The quantitative estimate of drug-likeness (QED) is 0.716. The summed E-state index contributed by atoms with van der Waals surface area (Å²) in [6, 6.07) is -0.0572. The standard InChI is InChI=1S/C9H13N3/c1-6(10)9-11-4-8(5-12-9)7-2-3-7/h4-7H,2-3,10H2,1H3. The van der Waals surface area contributed by atoms with Crippen molar-refractivity contribution in [2.24, 2.45) is 5.73 Å². The molecule has 64 valence electrons. The monoisotopic (exact) mass is 163 g/mol. The van der Waals surface area contributed by atoms with Gasteiger partial charge in [0, 0.05) is 12.4 Å². The summed E-state index contributed by atoms with van der Waals surface area (Å²) >= 11 is 0. The summed E-state index contributed by atoms with van der Waals surface area (Å²) in [5, 5.41) is 0.